The molecule has 0 bridgehead atoms. The van der Waals surface area contributed by atoms with Gasteiger partial charge >= 0.3 is 6.09 Å². The summed E-state index contributed by atoms with van der Waals surface area (Å²) in [4.78, 5) is 26.9. The molecule has 0 fully saturated rings. The fourth-order valence-electron chi connectivity index (χ4n) is 3.30. The van der Waals surface area contributed by atoms with Gasteiger partial charge in [-0.2, -0.15) is 0 Å². The Morgan fingerprint density at radius 2 is 1.68 bits per heavy atom. The third-order valence-electron chi connectivity index (χ3n) is 4.52. The van der Waals surface area contributed by atoms with E-state index in [1.54, 1.807) is 32.9 Å². The maximum absolute atomic E-state index is 13.1. The molecule has 0 aliphatic carbocycles. The van der Waals surface area contributed by atoms with E-state index in [2.05, 4.69) is 0 Å². The molecule has 1 atom stereocenters. The molecule has 1 N–H and O–H groups in total. The van der Waals surface area contributed by atoms with E-state index in [9.17, 15) is 14.7 Å². The number of anilines is 1. The van der Waals surface area contributed by atoms with Crippen LogP contribution in [0.4, 0.5) is 10.5 Å². The second kappa shape index (κ2) is 7.60. The Balaban J connectivity index is 1.96. The van der Waals surface area contributed by atoms with Crippen molar-refractivity contribution in [2.24, 2.45) is 0 Å². The van der Waals surface area contributed by atoms with Crippen LogP contribution in [0.1, 0.15) is 51.3 Å². The highest BCUT2D eigenvalue weighted by Gasteiger charge is 2.39. The molecule has 0 aromatic heterocycles. The number of nitrogens with zero attached hydrogens (tertiary/aromatic N) is 1. The van der Waals surface area contributed by atoms with Gasteiger partial charge in [-0.05, 0) is 45.7 Å². The predicted molar refractivity (Wildman–Crippen MR) is 109 cm³/mol. The number of fused-ring (bicyclic) bond motifs is 1. The lowest BCUT2D eigenvalue weighted by Gasteiger charge is -2.23. The van der Waals surface area contributed by atoms with Gasteiger partial charge in [0, 0.05) is 11.1 Å². The Hall–Kier alpha value is -2.92. The Labute approximate surface area is 165 Å². The average Bonchev–Trinajstić information content (AvgIpc) is 2.92. The summed E-state index contributed by atoms with van der Waals surface area (Å²) in [5.41, 5.74) is 2.42. The SMILES string of the molecule is C/C(C[C@@H](O)c1ccccc1)=C1/C(=O)N(C(=O)OC(C)(C)C)c2ccccc21. The molecule has 5 heteroatoms. The molecule has 0 saturated carbocycles. The molecule has 0 saturated heterocycles. The first-order valence-electron chi connectivity index (χ1n) is 9.28. The minimum Gasteiger partial charge on any atom is -0.443 e. The number of amides is 2. The van der Waals surface area contributed by atoms with Crippen molar-refractivity contribution in [3.05, 3.63) is 71.3 Å². The normalized spacial score (nSPS) is 16.6. The van der Waals surface area contributed by atoms with E-state index < -0.39 is 23.7 Å². The van der Waals surface area contributed by atoms with Crippen LogP contribution in [-0.4, -0.2) is 22.7 Å². The summed E-state index contributed by atoms with van der Waals surface area (Å²) in [5.74, 6) is -0.423. The Kier molecular flexibility index (Phi) is 5.38. The van der Waals surface area contributed by atoms with Gasteiger partial charge in [0.25, 0.3) is 5.91 Å². The molecule has 0 spiro atoms. The molecule has 2 aromatic rings. The number of aliphatic hydroxyl groups excluding tert-OH is 1. The zero-order valence-corrected chi connectivity index (χ0v) is 16.6. The van der Waals surface area contributed by atoms with Crippen molar-refractivity contribution in [2.75, 3.05) is 4.90 Å². The van der Waals surface area contributed by atoms with Gasteiger partial charge in [-0.25, -0.2) is 9.69 Å². The molecule has 0 unspecified atom stereocenters. The first-order valence-corrected chi connectivity index (χ1v) is 9.28. The molecular weight excluding hydrogens is 354 g/mol. The lowest BCUT2D eigenvalue weighted by molar-refractivity contribution is -0.112. The fourth-order valence-corrected chi connectivity index (χ4v) is 3.30. The number of hydrogen-bond acceptors (Lipinski definition) is 4. The molecule has 2 amide bonds. The van der Waals surface area contributed by atoms with E-state index in [0.717, 1.165) is 16.0 Å². The van der Waals surface area contributed by atoms with Crippen molar-refractivity contribution in [2.45, 2.75) is 45.8 Å². The number of ether oxygens (including phenoxy) is 1. The van der Waals surface area contributed by atoms with Gasteiger partial charge in [-0.15, -0.1) is 0 Å². The number of hydrogen-bond donors (Lipinski definition) is 1. The number of benzene rings is 2. The van der Waals surface area contributed by atoms with Crippen LogP contribution in [0.5, 0.6) is 0 Å². The van der Waals surface area contributed by atoms with Gasteiger partial charge in [0.2, 0.25) is 0 Å². The molecule has 146 valence electrons. The van der Waals surface area contributed by atoms with Crippen LogP contribution in [0.25, 0.3) is 5.57 Å². The molecule has 1 aliphatic rings. The molecule has 0 radical (unpaired) electrons. The van der Waals surface area contributed by atoms with Crippen LogP contribution in [0.3, 0.4) is 0 Å². The van der Waals surface area contributed by atoms with Crippen LogP contribution in [0.15, 0.2) is 60.2 Å². The Bertz CT molecular complexity index is 925. The quantitative estimate of drug-likeness (QED) is 0.773. The summed E-state index contributed by atoms with van der Waals surface area (Å²) in [7, 11) is 0. The largest absolute Gasteiger partial charge is 0.443 e. The van der Waals surface area contributed by atoms with Crippen molar-refractivity contribution >= 4 is 23.3 Å². The smallest absolute Gasteiger partial charge is 0.422 e. The minimum absolute atomic E-state index is 0.293. The summed E-state index contributed by atoms with van der Waals surface area (Å²) in [5, 5.41) is 10.6. The van der Waals surface area contributed by atoms with E-state index in [1.807, 2.05) is 49.4 Å². The number of aliphatic hydroxyl groups is 1. The van der Waals surface area contributed by atoms with Gasteiger partial charge in [0.05, 0.1) is 11.8 Å². The number of para-hydroxylation sites is 1. The van der Waals surface area contributed by atoms with E-state index in [4.69, 9.17) is 4.74 Å². The third-order valence-corrected chi connectivity index (χ3v) is 4.52. The van der Waals surface area contributed by atoms with Gasteiger partial charge in [-0.3, -0.25) is 4.79 Å². The molecule has 1 heterocycles. The summed E-state index contributed by atoms with van der Waals surface area (Å²) in [6.45, 7) is 7.09. The Morgan fingerprint density at radius 3 is 2.32 bits per heavy atom. The topological polar surface area (TPSA) is 66.8 Å². The lowest BCUT2D eigenvalue weighted by Crippen LogP contribution is -2.38. The second-order valence-corrected chi connectivity index (χ2v) is 7.92. The molecule has 5 nitrogen and oxygen atoms in total. The third kappa shape index (κ3) is 3.99. The van der Waals surface area contributed by atoms with Crippen LogP contribution < -0.4 is 4.90 Å². The first-order chi connectivity index (χ1) is 13.2. The summed E-state index contributed by atoms with van der Waals surface area (Å²) >= 11 is 0. The molecule has 28 heavy (non-hydrogen) atoms. The van der Waals surface area contributed by atoms with Gasteiger partial charge < -0.3 is 9.84 Å². The average molecular weight is 379 g/mol. The number of carbonyl (C=O) groups excluding carboxylic acids is 2. The van der Waals surface area contributed by atoms with Crippen molar-refractivity contribution in [1.29, 1.82) is 0 Å². The number of carbonyl (C=O) groups is 2. The molecular formula is C23H25NO4. The zero-order valence-electron chi connectivity index (χ0n) is 16.6. The molecule has 3 rings (SSSR count). The Morgan fingerprint density at radius 1 is 1.07 bits per heavy atom. The highest BCUT2D eigenvalue weighted by molar-refractivity contribution is 6.39. The van der Waals surface area contributed by atoms with E-state index in [1.165, 1.54) is 0 Å². The molecule has 2 aromatic carbocycles. The molecule has 1 aliphatic heterocycles. The number of imide groups is 1. The van der Waals surface area contributed by atoms with Gasteiger partial charge in [-0.1, -0.05) is 54.1 Å². The monoisotopic (exact) mass is 379 g/mol. The van der Waals surface area contributed by atoms with E-state index in [-0.39, 0.29) is 0 Å². The first kappa shape index (κ1) is 19.8. The zero-order chi connectivity index (χ0) is 20.5. The fraction of sp³-hybridized carbons (Fsp3) is 0.304. The van der Waals surface area contributed by atoms with Gasteiger partial charge in [0.15, 0.2) is 0 Å². The highest BCUT2D eigenvalue weighted by atomic mass is 16.6. The van der Waals surface area contributed by atoms with Crippen LogP contribution in [0, 0.1) is 0 Å². The lowest BCUT2D eigenvalue weighted by atomic mass is 9.95. The van der Waals surface area contributed by atoms with E-state index in [0.29, 0.717) is 23.2 Å². The van der Waals surface area contributed by atoms with Crippen molar-refractivity contribution in [3.63, 3.8) is 0 Å². The van der Waals surface area contributed by atoms with Crippen LogP contribution >= 0.6 is 0 Å². The summed E-state index contributed by atoms with van der Waals surface area (Å²) < 4.78 is 5.42. The number of rotatable bonds is 3. The van der Waals surface area contributed by atoms with Crippen LogP contribution in [-0.2, 0) is 9.53 Å². The predicted octanol–water partition coefficient (Wildman–Crippen LogP) is 4.87. The highest BCUT2D eigenvalue weighted by Crippen LogP contribution is 2.40. The maximum atomic E-state index is 13.1. The maximum Gasteiger partial charge on any atom is 0.422 e. The summed E-state index contributed by atoms with van der Waals surface area (Å²) in [6, 6.07) is 16.4. The second-order valence-electron chi connectivity index (χ2n) is 7.92. The standard InChI is InChI=1S/C23H25NO4/c1-15(14-19(25)16-10-6-5-7-11-16)20-17-12-8-9-13-18(17)24(21(20)26)22(27)28-23(2,3)4/h5-13,19,25H,14H2,1-4H3/b20-15-/t19-/m1/s1. The minimum atomic E-state index is -0.732. The van der Waals surface area contributed by atoms with Crippen molar-refractivity contribution < 1.29 is 19.4 Å². The van der Waals surface area contributed by atoms with Crippen LogP contribution in [0.2, 0.25) is 0 Å². The van der Waals surface area contributed by atoms with E-state index >= 15 is 0 Å². The van der Waals surface area contributed by atoms with Crippen molar-refractivity contribution in [3.8, 4) is 0 Å². The van der Waals surface area contributed by atoms with Crippen molar-refractivity contribution in [1.82, 2.24) is 0 Å². The van der Waals surface area contributed by atoms with Gasteiger partial charge in [0.1, 0.15) is 5.60 Å². The summed E-state index contributed by atoms with van der Waals surface area (Å²) in [6.07, 6.45) is -1.14.